The summed E-state index contributed by atoms with van der Waals surface area (Å²) in [6, 6.07) is 11.3. The summed E-state index contributed by atoms with van der Waals surface area (Å²) >= 11 is 0. The highest BCUT2D eigenvalue weighted by Gasteiger charge is 2.19. The zero-order valence-electron chi connectivity index (χ0n) is 15.0. The first-order valence-corrected chi connectivity index (χ1v) is 9.58. The fourth-order valence-corrected chi connectivity index (χ4v) is 3.78. The van der Waals surface area contributed by atoms with Gasteiger partial charge in [-0.2, -0.15) is 0 Å². The lowest BCUT2D eigenvalue weighted by Crippen LogP contribution is -2.29. The van der Waals surface area contributed by atoms with Crippen molar-refractivity contribution >= 4 is 10.0 Å². The number of benzene rings is 2. The molecule has 0 saturated carbocycles. The lowest BCUT2D eigenvalue weighted by Gasteiger charge is -2.22. The molecule has 0 spiro atoms. The fourth-order valence-electron chi connectivity index (χ4n) is 2.54. The summed E-state index contributed by atoms with van der Waals surface area (Å²) in [6.45, 7) is 8.16. The van der Waals surface area contributed by atoms with E-state index in [0.29, 0.717) is 5.56 Å². The summed E-state index contributed by atoms with van der Waals surface area (Å²) in [5.74, 6) is 0.283. The SMILES string of the molecule is Cc1cc(F)ccc1S(=O)(=O)NCCOc1ccccc1C(C)(C)C. The first-order valence-electron chi connectivity index (χ1n) is 8.09. The van der Waals surface area contributed by atoms with Crippen molar-refractivity contribution in [2.24, 2.45) is 0 Å². The molecule has 25 heavy (non-hydrogen) atoms. The second kappa shape index (κ2) is 7.54. The van der Waals surface area contributed by atoms with E-state index < -0.39 is 15.8 Å². The van der Waals surface area contributed by atoms with Crippen LogP contribution >= 0.6 is 0 Å². The minimum absolute atomic E-state index is 0.0681. The molecule has 0 aliphatic carbocycles. The van der Waals surface area contributed by atoms with E-state index in [9.17, 15) is 12.8 Å². The van der Waals surface area contributed by atoms with Crippen LogP contribution in [-0.2, 0) is 15.4 Å². The van der Waals surface area contributed by atoms with Gasteiger partial charge in [0.25, 0.3) is 0 Å². The molecule has 0 aliphatic rings. The van der Waals surface area contributed by atoms with Gasteiger partial charge in [-0.05, 0) is 47.7 Å². The van der Waals surface area contributed by atoms with Gasteiger partial charge in [-0.15, -0.1) is 0 Å². The number of sulfonamides is 1. The molecule has 6 heteroatoms. The van der Waals surface area contributed by atoms with Crippen LogP contribution in [0, 0.1) is 12.7 Å². The Kier molecular flexibility index (Phi) is 5.85. The minimum Gasteiger partial charge on any atom is -0.492 e. The molecule has 0 unspecified atom stereocenters. The van der Waals surface area contributed by atoms with E-state index >= 15 is 0 Å². The van der Waals surface area contributed by atoms with Crippen LogP contribution in [0.2, 0.25) is 0 Å². The van der Waals surface area contributed by atoms with Gasteiger partial charge in [0.1, 0.15) is 18.2 Å². The average molecular weight is 365 g/mol. The third-order valence-electron chi connectivity index (χ3n) is 3.77. The van der Waals surface area contributed by atoms with Crippen LogP contribution in [0.3, 0.4) is 0 Å². The van der Waals surface area contributed by atoms with E-state index in [0.717, 1.165) is 17.4 Å². The van der Waals surface area contributed by atoms with Gasteiger partial charge < -0.3 is 4.74 Å². The van der Waals surface area contributed by atoms with Crippen LogP contribution in [0.5, 0.6) is 5.75 Å². The lowest BCUT2D eigenvalue weighted by molar-refractivity contribution is 0.314. The minimum atomic E-state index is -3.70. The summed E-state index contributed by atoms with van der Waals surface area (Å²) in [4.78, 5) is 0.0731. The van der Waals surface area contributed by atoms with Crippen molar-refractivity contribution in [2.75, 3.05) is 13.2 Å². The predicted molar refractivity (Wildman–Crippen MR) is 97.0 cm³/mol. The molecule has 4 nitrogen and oxygen atoms in total. The van der Waals surface area contributed by atoms with Crippen LogP contribution in [-0.4, -0.2) is 21.6 Å². The van der Waals surface area contributed by atoms with Crippen LogP contribution < -0.4 is 9.46 Å². The zero-order chi connectivity index (χ0) is 18.7. The molecule has 2 aromatic carbocycles. The van der Waals surface area contributed by atoms with Crippen LogP contribution in [0.25, 0.3) is 0 Å². The number of aryl methyl sites for hydroxylation is 1. The Hall–Kier alpha value is -1.92. The molecule has 0 atom stereocenters. The van der Waals surface area contributed by atoms with Gasteiger partial charge in [-0.1, -0.05) is 39.0 Å². The average Bonchev–Trinajstić information content (AvgIpc) is 2.50. The third-order valence-corrected chi connectivity index (χ3v) is 5.39. The molecule has 0 amide bonds. The first-order chi connectivity index (χ1) is 11.6. The number of rotatable bonds is 6. The highest BCUT2D eigenvalue weighted by Crippen LogP contribution is 2.30. The van der Waals surface area contributed by atoms with Crippen molar-refractivity contribution in [1.29, 1.82) is 0 Å². The topological polar surface area (TPSA) is 55.4 Å². The molecule has 0 aromatic heterocycles. The second-order valence-corrected chi connectivity index (χ2v) is 8.64. The van der Waals surface area contributed by atoms with Gasteiger partial charge >= 0.3 is 0 Å². The molecule has 0 bridgehead atoms. The number of halogens is 1. The van der Waals surface area contributed by atoms with E-state index in [4.69, 9.17) is 4.74 Å². The number of para-hydroxylation sites is 1. The van der Waals surface area contributed by atoms with E-state index in [-0.39, 0.29) is 23.5 Å². The van der Waals surface area contributed by atoms with Crippen molar-refractivity contribution in [2.45, 2.75) is 38.0 Å². The van der Waals surface area contributed by atoms with Crippen LogP contribution in [0.4, 0.5) is 4.39 Å². The van der Waals surface area contributed by atoms with Crippen molar-refractivity contribution in [3.63, 3.8) is 0 Å². The molecule has 136 valence electrons. The van der Waals surface area contributed by atoms with Crippen molar-refractivity contribution in [3.05, 3.63) is 59.4 Å². The van der Waals surface area contributed by atoms with E-state index in [1.165, 1.54) is 12.1 Å². The smallest absolute Gasteiger partial charge is 0.240 e. The zero-order valence-corrected chi connectivity index (χ0v) is 15.8. The predicted octanol–water partition coefficient (Wildman–Crippen LogP) is 3.79. The molecule has 1 N–H and O–H groups in total. The van der Waals surface area contributed by atoms with Gasteiger partial charge in [-0.3, -0.25) is 0 Å². The van der Waals surface area contributed by atoms with Gasteiger partial charge in [0.2, 0.25) is 10.0 Å². The summed E-state index contributed by atoms with van der Waals surface area (Å²) in [7, 11) is -3.70. The molecule has 0 fully saturated rings. The Bertz CT molecular complexity index is 842. The number of hydrogen-bond acceptors (Lipinski definition) is 3. The van der Waals surface area contributed by atoms with Gasteiger partial charge in [0.05, 0.1) is 4.90 Å². The Balaban J connectivity index is 2.00. The van der Waals surface area contributed by atoms with Crippen molar-refractivity contribution in [3.8, 4) is 5.75 Å². The Morgan fingerprint density at radius 2 is 1.80 bits per heavy atom. The first kappa shape index (κ1) is 19.4. The lowest BCUT2D eigenvalue weighted by atomic mass is 9.86. The Morgan fingerprint density at radius 1 is 1.12 bits per heavy atom. The summed E-state index contributed by atoms with van der Waals surface area (Å²) in [5, 5.41) is 0. The van der Waals surface area contributed by atoms with E-state index in [2.05, 4.69) is 25.5 Å². The normalized spacial score (nSPS) is 12.2. The maximum absolute atomic E-state index is 13.1. The van der Waals surface area contributed by atoms with Crippen molar-refractivity contribution in [1.82, 2.24) is 4.72 Å². The van der Waals surface area contributed by atoms with E-state index in [1.54, 1.807) is 6.92 Å². The Labute approximate surface area is 149 Å². The fraction of sp³-hybridized carbons (Fsp3) is 0.368. The maximum atomic E-state index is 13.1. The molecule has 2 rings (SSSR count). The highest BCUT2D eigenvalue weighted by atomic mass is 32.2. The van der Waals surface area contributed by atoms with Crippen LogP contribution in [0.15, 0.2) is 47.4 Å². The molecular weight excluding hydrogens is 341 g/mol. The Morgan fingerprint density at radius 3 is 2.44 bits per heavy atom. The summed E-state index contributed by atoms with van der Waals surface area (Å²) in [5.41, 5.74) is 1.36. The standard InChI is InChI=1S/C19H24FNO3S/c1-14-13-15(20)9-10-18(14)25(22,23)21-11-12-24-17-8-6-5-7-16(17)19(2,3)4/h5-10,13,21H,11-12H2,1-4H3. The second-order valence-electron chi connectivity index (χ2n) is 6.90. The number of nitrogens with one attached hydrogen (secondary N) is 1. The molecular formula is C19H24FNO3S. The van der Waals surface area contributed by atoms with Crippen molar-refractivity contribution < 1.29 is 17.5 Å². The monoisotopic (exact) mass is 365 g/mol. The summed E-state index contributed by atoms with van der Waals surface area (Å²) in [6.07, 6.45) is 0. The quantitative estimate of drug-likeness (QED) is 0.793. The molecule has 0 saturated heterocycles. The van der Waals surface area contributed by atoms with E-state index in [1.807, 2.05) is 24.3 Å². The molecule has 2 aromatic rings. The third kappa shape index (κ3) is 5.03. The van der Waals surface area contributed by atoms with Gasteiger partial charge in [-0.25, -0.2) is 17.5 Å². The van der Waals surface area contributed by atoms with Crippen LogP contribution in [0.1, 0.15) is 31.9 Å². The number of hydrogen-bond donors (Lipinski definition) is 1. The van der Waals surface area contributed by atoms with Gasteiger partial charge in [0, 0.05) is 6.54 Å². The molecule has 0 radical (unpaired) electrons. The maximum Gasteiger partial charge on any atom is 0.240 e. The number of ether oxygens (including phenoxy) is 1. The largest absolute Gasteiger partial charge is 0.492 e. The van der Waals surface area contributed by atoms with Gasteiger partial charge in [0.15, 0.2) is 0 Å². The molecule has 0 aliphatic heterocycles. The molecule has 0 heterocycles. The highest BCUT2D eigenvalue weighted by molar-refractivity contribution is 7.89. The summed E-state index contributed by atoms with van der Waals surface area (Å²) < 4.78 is 46.0.